The maximum atomic E-state index is 4.25. The molecule has 0 aliphatic rings. The Bertz CT molecular complexity index is 556. The number of halogens is 1. The number of hydrogen-bond acceptors (Lipinski definition) is 2. The summed E-state index contributed by atoms with van der Waals surface area (Å²) in [5.41, 5.74) is 2.30. The number of hydrogen-bond donors (Lipinski definition) is 1. The Hall–Kier alpha value is -1.32. The topological polar surface area (TPSA) is 28.7 Å². The molecule has 0 unspecified atom stereocenters. The zero-order valence-corrected chi connectivity index (χ0v) is 9.44. The highest BCUT2D eigenvalue weighted by atomic mass is 35.5. The number of H-pyrrole nitrogens is 1. The summed E-state index contributed by atoms with van der Waals surface area (Å²) in [5, 5.41) is 10.6. The van der Waals surface area contributed by atoms with E-state index in [1.54, 1.807) is 11.3 Å². The van der Waals surface area contributed by atoms with Crippen molar-refractivity contribution < 1.29 is 0 Å². The van der Waals surface area contributed by atoms with Crippen molar-refractivity contribution in [2.75, 3.05) is 0 Å². The van der Waals surface area contributed by atoms with Crippen LogP contribution in [0, 0.1) is 0 Å². The number of nitrogens with one attached hydrogen (secondary N) is 1. The number of benzene rings is 1. The summed E-state index contributed by atoms with van der Waals surface area (Å²) in [7, 11) is 0. The largest absolute Gasteiger partial charge is 0.276 e. The summed E-state index contributed by atoms with van der Waals surface area (Å²) >= 11 is 1.66. The van der Waals surface area contributed by atoms with Gasteiger partial charge < -0.3 is 0 Å². The predicted molar refractivity (Wildman–Crippen MR) is 66.7 cm³/mol. The Morgan fingerprint density at radius 2 is 1.87 bits per heavy atom. The molecule has 0 aliphatic carbocycles. The van der Waals surface area contributed by atoms with Crippen LogP contribution in [0.15, 0.2) is 41.8 Å². The van der Waals surface area contributed by atoms with Crippen molar-refractivity contribution in [2.45, 2.75) is 0 Å². The third-order valence-corrected chi connectivity index (χ3v) is 3.05. The smallest absolute Gasteiger partial charge is 0.145 e. The van der Waals surface area contributed by atoms with Crippen LogP contribution in [0.4, 0.5) is 0 Å². The summed E-state index contributed by atoms with van der Waals surface area (Å²) in [5.74, 6) is 0. The van der Waals surface area contributed by atoms with E-state index in [2.05, 4.69) is 33.8 Å². The minimum Gasteiger partial charge on any atom is -0.276 e. The van der Waals surface area contributed by atoms with E-state index in [0.29, 0.717) is 0 Å². The molecule has 3 rings (SSSR count). The van der Waals surface area contributed by atoms with E-state index in [1.165, 1.54) is 10.9 Å². The Balaban J connectivity index is 0.000000853. The van der Waals surface area contributed by atoms with Gasteiger partial charge >= 0.3 is 0 Å². The van der Waals surface area contributed by atoms with Gasteiger partial charge in [0.1, 0.15) is 4.83 Å². The molecular weight excluding hydrogens is 228 g/mol. The lowest BCUT2D eigenvalue weighted by molar-refractivity contribution is 1.13. The van der Waals surface area contributed by atoms with Gasteiger partial charge in [-0.3, -0.25) is 5.10 Å². The maximum Gasteiger partial charge on any atom is 0.145 e. The molecule has 0 bridgehead atoms. The van der Waals surface area contributed by atoms with Crippen LogP contribution in [0.3, 0.4) is 0 Å². The molecule has 2 nitrogen and oxygen atoms in total. The van der Waals surface area contributed by atoms with Crippen LogP contribution in [-0.2, 0) is 0 Å². The average Bonchev–Trinajstić information content (AvgIpc) is 2.79. The molecule has 4 heteroatoms. The first-order chi connectivity index (χ1) is 6.95. The molecular formula is C11H9ClN2S. The highest BCUT2D eigenvalue weighted by molar-refractivity contribution is 7.16. The van der Waals surface area contributed by atoms with Crippen LogP contribution in [0.1, 0.15) is 0 Å². The monoisotopic (exact) mass is 236 g/mol. The zero-order valence-electron chi connectivity index (χ0n) is 7.81. The number of rotatable bonds is 1. The summed E-state index contributed by atoms with van der Waals surface area (Å²) in [6, 6.07) is 12.4. The molecule has 2 heterocycles. The third kappa shape index (κ3) is 1.64. The minimum absolute atomic E-state index is 0. The van der Waals surface area contributed by atoms with E-state index in [4.69, 9.17) is 0 Å². The molecule has 0 atom stereocenters. The molecule has 76 valence electrons. The van der Waals surface area contributed by atoms with Gasteiger partial charge in [0.05, 0.1) is 5.69 Å². The first-order valence-corrected chi connectivity index (χ1v) is 5.30. The lowest BCUT2D eigenvalue weighted by Gasteiger charge is -1.95. The van der Waals surface area contributed by atoms with E-state index in [0.717, 1.165) is 10.5 Å². The predicted octanol–water partition coefficient (Wildman–Crippen LogP) is 3.71. The second kappa shape index (κ2) is 4.04. The van der Waals surface area contributed by atoms with E-state index in [9.17, 15) is 0 Å². The van der Waals surface area contributed by atoms with Crippen LogP contribution in [-0.4, -0.2) is 10.2 Å². The molecule has 1 aromatic carbocycles. The quantitative estimate of drug-likeness (QED) is 0.686. The van der Waals surface area contributed by atoms with E-state index < -0.39 is 0 Å². The van der Waals surface area contributed by atoms with Crippen LogP contribution in [0.5, 0.6) is 0 Å². The molecule has 0 radical (unpaired) electrons. The van der Waals surface area contributed by atoms with Crippen LogP contribution in [0.2, 0.25) is 0 Å². The second-order valence-corrected chi connectivity index (χ2v) is 4.00. The Morgan fingerprint density at radius 3 is 2.67 bits per heavy atom. The standard InChI is InChI=1S/C11H8N2S.ClH/c1-2-4-8(5-3-1)10-9-6-7-14-11(9)13-12-10;/h1-7H,(H,12,13);1H. The molecule has 2 aromatic heterocycles. The van der Waals surface area contributed by atoms with Crippen molar-refractivity contribution in [1.82, 2.24) is 10.2 Å². The Kier molecular flexibility index (Phi) is 2.75. The molecule has 15 heavy (non-hydrogen) atoms. The van der Waals surface area contributed by atoms with Gasteiger partial charge in [-0.1, -0.05) is 30.3 Å². The fraction of sp³-hybridized carbons (Fsp3) is 0. The van der Waals surface area contributed by atoms with Gasteiger partial charge in [-0.2, -0.15) is 5.10 Å². The van der Waals surface area contributed by atoms with E-state index >= 15 is 0 Å². The molecule has 0 amide bonds. The highest BCUT2D eigenvalue weighted by Crippen LogP contribution is 2.28. The number of thiophene rings is 1. The van der Waals surface area contributed by atoms with Gasteiger partial charge in [-0.25, -0.2) is 0 Å². The van der Waals surface area contributed by atoms with Crippen molar-refractivity contribution in [3.63, 3.8) is 0 Å². The molecule has 0 spiro atoms. The number of aromatic nitrogens is 2. The number of fused-ring (bicyclic) bond motifs is 1. The molecule has 0 saturated heterocycles. The van der Waals surface area contributed by atoms with Crippen molar-refractivity contribution in [3.05, 3.63) is 41.8 Å². The van der Waals surface area contributed by atoms with E-state index in [-0.39, 0.29) is 12.4 Å². The SMILES string of the molecule is Cl.c1ccc(-c2[nH]nc3sccc23)cc1. The Morgan fingerprint density at radius 1 is 1.07 bits per heavy atom. The lowest BCUT2D eigenvalue weighted by atomic mass is 10.1. The summed E-state index contributed by atoms with van der Waals surface area (Å²) in [6.07, 6.45) is 0. The van der Waals surface area contributed by atoms with Crippen molar-refractivity contribution in [1.29, 1.82) is 0 Å². The molecule has 0 saturated carbocycles. The molecule has 1 N–H and O–H groups in total. The van der Waals surface area contributed by atoms with Gasteiger partial charge in [-0.15, -0.1) is 23.7 Å². The van der Waals surface area contributed by atoms with Crippen molar-refractivity contribution >= 4 is 34.0 Å². The lowest BCUT2D eigenvalue weighted by Crippen LogP contribution is -1.76. The van der Waals surface area contributed by atoms with Gasteiger partial charge in [0, 0.05) is 10.9 Å². The van der Waals surface area contributed by atoms with Crippen molar-refractivity contribution in [3.8, 4) is 11.3 Å². The summed E-state index contributed by atoms with van der Waals surface area (Å²) in [4.78, 5) is 1.07. The second-order valence-electron chi connectivity index (χ2n) is 3.10. The minimum atomic E-state index is 0. The van der Waals surface area contributed by atoms with Gasteiger partial charge in [0.15, 0.2) is 0 Å². The number of nitrogens with zero attached hydrogens (tertiary/aromatic N) is 1. The number of aromatic amines is 1. The van der Waals surface area contributed by atoms with Crippen LogP contribution < -0.4 is 0 Å². The Labute approximate surface area is 97.4 Å². The molecule has 0 aliphatic heterocycles. The molecule has 0 fully saturated rings. The van der Waals surface area contributed by atoms with E-state index in [1.807, 2.05) is 18.2 Å². The first-order valence-electron chi connectivity index (χ1n) is 4.42. The first kappa shape index (κ1) is 10.2. The van der Waals surface area contributed by atoms with Crippen LogP contribution in [0.25, 0.3) is 21.5 Å². The van der Waals surface area contributed by atoms with Crippen molar-refractivity contribution in [2.24, 2.45) is 0 Å². The average molecular weight is 237 g/mol. The highest BCUT2D eigenvalue weighted by Gasteiger charge is 2.06. The van der Waals surface area contributed by atoms with Crippen LogP contribution >= 0.6 is 23.7 Å². The fourth-order valence-electron chi connectivity index (χ4n) is 1.57. The normalized spacial score (nSPS) is 10.1. The fourth-order valence-corrected chi connectivity index (χ4v) is 2.30. The van der Waals surface area contributed by atoms with Gasteiger partial charge in [-0.05, 0) is 11.4 Å². The third-order valence-electron chi connectivity index (χ3n) is 2.25. The maximum absolute atomic E-state index is 4.25. The van der Waals surface area contributed by atoms with Gasteiger partial charge in [0.2, 0.25) is 0 Å². The summed E-state index contributed by atoms with van der Waals surface area (Å²) < 4.78 is 0. The molecule has 3 aromatic rings. The zero-order chi connectivity index (χ0) is 9.38. The summed E-state index contributed by atoms with van der Waals surface area (Å²) in [6.45, 7) is 0. The van der Waals surface area contributed by atoms with Gasteiger partial charge in [0.25, 0.3) is 0 Å².